The Balaban J connectivity index is 2.36. The van der Waals surface area contributed by atoms with Gasteiger partial charge < -0.3 is 0 Å². The molecule has 25 heavy (non-hydrogen) atoms. The van der Waals surface area contributed by atoms with Crippen molar-refractivity contribution in [3.05, 3.63) is 64.3 Å². The molecule has 0 radical (unpaired) electrons. The van der Waals surface area contributed by atoms with E-state index >= 15 is 0 Å². The van der Waals surface area contributed by atoms with Gasteiger partial charge in [0, 0.05) is 15.8 Å². The molecule has 3 aromatic rings. The van der Waals surface area contributed by atoms with Gasteiger partial charge in [-0.05, 0) is 37.3 Å². The first-order valence-electron chi connectivity index (χ1n) is 7.89. The average molecular weight is 420 g/mol. The van der Waals surface area contributed by atoms with Crippen LogP contribution in [0.1, 0.15) is 29.9 Å². The lowest BCUT2D eigenvalue weighted by molar-refractivity contribution is 0.0933. The second kappa shape index (κ2) is 6.42. The zero-order chi connectivity index (χ0) is 18.4. The Morgan fingerprint density at radius 2 is 1.68 bits per heavy atom. The number of Topliss-reactive ketones (excluding diaryl/α,β-unsaturated/α-hetero) is 1. The van der Waals surface area contributed by atoms with Crippen molar-refractivity contribution in [1.82, 2.24) is 3.97 Å². The van der Waals surface area contributed by atoms with E-state index in [-0.39, 0.29) is 22.3 Å². The van der Waals surface area contributed by atoms with Crippen LogP contribution in [0.4, 0.5) is 0 Å². The summed E-state index contributed by atoms with van der Waals surface area (Å²) in [6.07, 6.45) is 0. The number of ketones is 1. The first kappa shape index (κ1) is 17.9. The number of hydrogen-bond acceptors (Lipinski definition) is 3. The highest BCUT2D eigenvalue weighted by molar-refractivity contribution is 9.10. The molecular formula is C19H18BrNO3S. The van der Waals surface area contributed by atoms with Crippen molar-refractivity contribution in [3.8, 4) is 0 Å². The zero-order valence-electron chi connectivity index (χ0n) is 14.2. The van der Waals surface area contributed by atoms with Crippen molar-refractivity contribution >= 4 is 42.6 Å². The highest BCUT2D eigenvalue weighted by Crippen LogP contribution is 2.29. The van der Waals surface area contributed by atoms with Gasteiger partial charge >= 0.3 is 0 Å². The number of carbonyl (C=O) groups is 1. The van der Waals surface area contributed by atoms with E-state index in [4.69, 9.17) is 0 Å². The molecule has 0 saturated heterocycles. The Hall–Kier alpha value is -1.92. The Morgan fingerprint density at radius 3 is 2.28 bits per heavy atom. The van der Waals surface area contributed by atoms with Crippen LogP contribution < -0.4 is 0 Å². The van der Waals surface area contributed by atoms with E-state index in [1.54, 1.807) is 56.3 Å². The molecule has 0 saturated carbocycles. The van der Waals surface area contributed by atoms with Crippen LogP contribution in [0.25, 0.3) is 10.9 Å². The smallest absolute Gasteiger partial charge is 0.268 e. The minimum absolute atomic E-state index is 0.161. The molecule has 0 unspecified atom stereocenters. The second-order valence-electron chi connectivity index (χ2n) is 6.33. The third kappa shape index (κ3) is 3.16. The van der Waals surface area contributed by atoms with Crippen LogP contribution >= 0.6 is 15.9 Å². The highest BCUT2D eigenvalue weighted by atomic mass is 79.9. The van der Waals surface area contributed by atoms with Gasteiger partial charge in [-0.25, -0.2) is 12.4 Å². The van der Waals surface area contributed by atoms with Gasteiger partial charge in [-0.2, -0.15) is 0 Å². The number of aromatic nitrogens is 1. The molecule has 0 aliphatic carbocycles. The molecule has 0 N–H and O–H groups in total. The van der Waals surface area contributed by atoms with Crippen LogP contribution in [0.5, 0.6) is 0 Å². The number of fused-ring (bicyclic) bond motifs is 1. The van der Waals surface area contributed by atoms with E-state index in [0.29, 0.717) is 10.9 Å². The van der Waals surface area contributed by atoms with E-state index in [2.05, 4.69) is 15.9 Å². The van der Waals surface area contributed by atoms with Gasteiger partial charge in [-0.3, -0.25) is 4.79 Å². The van der Waals surface area contributed by atoms with Gasteiger partial charge in [0.2, 0.25) is 0 Å². The molecule has 0 aliphatic heterocycles. The molecule has 4 nitrogen and oxygen atoms in total. The molecule has 6 heteroatoms. The maximum Gasteiger partial charge on any atom is 0.268 e. The summed E-state index contributed by atoms with van der Waals surface area (Å²) >= 11 is 3.38. The molecule has 130 valence electrons. The van der Waals surface area contributed by atoms with Gasteiger partial charge in [0.05, 0.1) is 10.4 Å². The summed E-state index contributed by atoms with van der Waals surface area (Å²) in [7, 11) is -3.89. The number of rotatable bonds is 4. The lowest BCUT2D eigenvalue weighted by Crippen LogP contribution is -2.20. The number of aryl methyl sites for hydroxylation is 1. The van der Waals surface area contributed by atoms with Crippen molar-refractivity contribution in [1.29, 1.82) is 0 Å². The minimum atomic E-state index is -3.89. The number of nitrogens with zero attached hydrogens (tertiary/aromatic N) is 1. The lowest BCUT2D eigenvalue weighted by atomic mass is 10.1. The summed E-state index contributed by atoms with van der Waals surface area (Å²) in [5, 5.41) is 0.711. The molecule has 0 bridgehead atoms. The first-order chi connectivity index (χ1) is 11.7. The van der Waals surface area contributed by atoms with Crippen molar-refractivity contribution in [3.63, 3.8) is 0 Å². The Bertz CT molecular complexity index is 1060. The Labute approximate surface area is 155 Å². The largest absolute Gasteiger partial charge is 0.292 e. The normalized spacial score (nSPS) is 12.0. The van der Waals surface area contributed by atoms with Gasteiger partial charge in [0.1, 0.15) is 5.69 Å². The van der Waals surface area contributed by atoms with E-state index in [1.807, 2.05) is 13.0 Å². The summed E-state index contributed by atoms with van der Waals surface area (Å²) in [6, 6.07) is 13.6. The molecule has 2 aromatic carbocycles. The molecule has 0 fully saturated rings. The fourth-order valence-electron chi connectivity index (χ4n) is 2.69. The molecule has 0 atom stereocenters. The predicted octanol–water partition coefficient (Wildman–Crippen LogP) is 4.79. The number of halogens is 1. The molecular weight excluding hydrogens is 402 g/mol. The van der Waals surface area contributed by atoms with Gasteiger partial charge in [0.25, 0.3) is 10.0 Å². The molecule has 3 rings (SSSR count). The molecule has 0 spiro atoms. The summed E-state index contributed by atoms with van der Waals surface area (Å²) in [5.74, 6) is -0.511. The standard InChI is InChI=1S/C19H18BrNO3S/c1-12(2)19(22)18-10-14-6-7-15(20)11-17(14)21(18)25(23,24)16-8-4-13(3)5-9-16/h4-12H,1-3H3. The Kier molecular flexibility index (Phi) is 4.60. The first-order valence-corrected chi connectivity index (χ1v) is 10.1. The second-order valence-corrected chi connectivity index (χ2v) is 9.04. The van der Waals surface area contributed by atoms with E-state index < -0.39 is 10.0 Å². The fourth-order valence-corrected chi connectivity index (χ4v) is 4.55. The van der Waals surface area contributed by atoms with Crippen LogP contribution in [0.15, 0.2) is 57.9 Å². The maximum atomic E-state index is 13.3. The Morgan fingerprint density at radius 1 is 1.04 bits per heavy atom. The highest BCUT2D eigenvalue weighted by Gasteiger charge is 2.27. The average Bonchev–Trinajstić information content (AvgIpc) is 2.93. The minimum Gasteiger partial charge on any atom is -0.292 e. The van der Waals surface area contributed by atoms with Gasteiger partial charge in [-0.1, -0.05) is 53.5 Å². The van der Waals surface area contributed by atoms with Crippen molar-refractivity contribution in [2.24, 2.45) is 5.92 Å². The van der Waals surface area contributed by atoms with Gasteiger partial charge in [-0.15, -0.1) is 0 Å². The van der Waals surface area contributed by atoms with Crippen LogP contribution in [-0.4, -0.2) is 18.2 Å². The van der Waals surface area contributed by atoms with Crippen molar-refractivity contribution < 1.29 is 13.2 Å². The van der Waals surface area contributed by atoms with Crippen LogP contribution in [0, 0.1) is 12.8 Å². The number of hydrogen-bond donors (Lipinski definition) is 0. The predicted molar refractivity (Wildman–Crippen MR) is 103 cm³/mol. The van der Waals surface area contributed by atoms with Crippen LogP contribution in [0.2, 0.25) is 0 Å². The summed E-state index contributed by atoms with van der Waals surface area (Å²) in [6.45, 7) is 5.42. The molecule has 0 aliphatic rings. The quantitative estimate of drug-likeness (QED) is 0.571. The molecule has 0 amide bonds. The van der Waals surface area contributed by atoms with E-state index in [1.165, 1.54) is 3.97 Å². The summed E-state index contributed by atoms with van der Waals surface area (Å²) < 4.78 is 28.5. The van der Waals surface area contributed by atoms with Crippen molar-refractivity contribution in [2.75, 3.05) is 0 Å². The molecule has 1 heterocycles. The zero-order valence-corrected chi connectivity index (χ0v) is 16.6. The van der Waals surface area contributed by atoms with Crippen LogP contribution in [0.3, 0.4) is 0 Å². The lowest BCUT2D eigenvalue weighted by Gasteiger charge is -2.13. The fraction of sp³-hybridized carbons (Fsp3) is 0.211. The third-order valence-electron chi connectivity index (χ3n) is 4.06. The third-order valence-corrected chi connectivity index (χ3v) is 6.29. The van der Waals surface area contributed by atoms with E-state index in [0.717, 1.165) is 10.0 Å². The summed E-state index contributed by atoms with van der Waals surface area (Å²) in [5.41, 5.74) is 1.64. The maximum absolute atomic E-state index is 13.3. The number of carbonyl (C=O) groups excluding carboxylic acids is 1. The van der Waals surface area contributed by atoms with E-state index in [9.17, 15) is 13.2 Å². The molecule has 1 aromatic heterocycles. The summed E-state index contributed by atoms with van der Waals surface area (Å²) in [4.78, 5) is 12.8. The SMILES string of the molecule is Cc1ccc(S(=O)(=O)n2c(C(=O)C(C)C)cc3ccc(Br)cc32)cc1. The topological polar surface area (TPSA) is 56.1 Å². The van der Waals surface area contributed by atoms with Gasteiger partial charge in [0.15, 0.2) is 5.78 Å². The number of benzene rings is 2. The van der Waals surface area contributed by atoms with Crippen molar-refractivity contribution in [2.45, 2.75) is 25.7 Å². The monoisotopic (exact) mass is 419 g/mol. The van der Waals surface area contributed by atoms with Crippen LogP contribution in [-0.2, 0) is 10.0 Å².